The van der Waals surface area contributed by atoms with Crippen LogP contribution in [0.4, 0.5) is 10.1 Å². The average molecular weight is 299 g/mol. The van der Waals surface area contributed by atoms with E-state index >= 15 is 0 Å². The Labute approximate surface area is 121 Å². The number of phenolic OH excluding ortho intramolecular Hbond substituents is 1. The number of fused-ring (bicyclic) bond motifs is 1. The smallest absolute Gasteiger partial charge is 0.293 e. The molecule has 0 bridgehead atoms. The van der Waals surface area contributed by atoms with Crippen LogP contribution < -0.4 is 0 Å². The fourth-order valence-electron chi connectivity index (χ4n) is 2.80. The molecule has 0 amide bonds. The van der Waals surface area contributed by atoms with Gasteiger partial charge in [-0.15, -0.1) is 0 Å². The molecule has 2 aliphatic heterocycles. The molecule has 2 saturated heterocycles. The first-order chi connectivity index (χ1) is 9.56. The Morgan fingerprint density at radius 3 is 3.05 bits per heavy atom. The molecule has 0 saturated carbocycles. The summed E-state index contributed by atoms with van der Waals surface area (Å²) in [5.74, 6) is -0.759. The van der Waals surface area contributed by atoms with Gasteiger partial charge in [-0.25, -0.2) is 4.39 Å². The van der Waals surface area contributed by atoms with Gasteiger partial charge >= 0.3 is 0 Å². The van der Waals surface area contributed by atoms with Gasteiger partial charge in [-0.2, -0.15) is 4.99 Å². The topological polar surface area (TPSA) is 45.1 Å². The Morgan fingerprint density at radius 2 is 2.25 bits per heavy atom. The molecule has 0 aromatic heterocycles. The number of hydrogen-bond donors (Lipinski definition) is 1. The number of benzene rings is 1. The summed E-state index contributed by atoms with van der Waals surface area (Å²) >= 11 is 5.66. The van der Waals surface area contributed by atoms with E-state index in [1.807, 2.05) is 6.92 Å². The number of amidine groups is 1. The van der Waals surface area contributed by atoms with Crippen molar-refractivity contribution in [2.75, 3.05) is 6.54 Å². The van der Waals surface area contributed by atoms with Crippen molar-refractivity contribution in [1.82, 2.24) is 4.90 Å². The molecule has 2 unspecified atom stereocenters. The molecule has 6 heteroatoms. The number of ether oxygens (including phenoxy) is 1. The van der Waals surface area contributed by atoms with Crippen LogP contribution in [0.3, 0.4) is 0 Å². The highest BCUT2D eigenvalue weighted by Gasteiger charge is 2.38. The van der Waals surface area contributed by atoms with E-state index in [1.165, 1.54) is 12.5 Å². The van der Waals surface area contributed by atoms with Crippen molar-refractivity contribution in [2.24, 2.45) is 4.99 Å². The van der Waals surface area contributed by atoms with Gasteiger partial charge in [-0.05, 0) is 32.3 Å². The lowest BCUT2D eigenvalue weighted by molar-refractivity contribution is 0.182. The summed E-state index contributed by atoms with van der Waals surface area (Å²) in [7, 11) is 0. The molecule has 3 rings (SSSR count). The zero-order valence-corrected chi connectivity index (χ0v) is 11.9. The van der Waals surface area contributed by atoms with E-state index in [0.717, 1.165) is 25.5 Å². The first-order valence-corrected chi connectivity index (χ1v) is 7.14. The number of hydrogen-bond acceptors (Lipinski definition) is 3. The summed E-state index contributed by atoms with van der Waals surface area (Å²) < 4.78 is 19.6. The van der Waals surface area contributed by atoms with Crippen molar-refractivity contribution in [3.8, 4) is 5.75 Å². The highest BCUT2D eigenvalue weighted by molar-refractivity contribution is 6.32. The summed E-state index contributed by atoms with van der Waals surface area (Å²) in [5, 5.41) is 9.54. The number of halogens is 2. The lowest BCUT2D eigenvalue weighted by Crippen LogP contribution is -2.40. The van der Waals surface area contributed by atoms with Gasteiger partial charge in [0.25, 0.3) is 6.02 Å². The number of phenols is 1. The molecule has 2 fully saturated rings. The van der Waals surface area contributed by atoms with Gasteiger partial charge in [-0.3, -0.25) is 0 Å². The Hall–Kier alpha value is -1.49. The molecule has 108 valence electrons. The van der Waals surface area contributed by atoms with Gasteiger partial charge in [0, 0.05) is 12.6 Å². The van der Waals surface area contributed by atoms with Gasteiger partial charge in [0.2, 0.25) is 0 Å². The molecular weight excluding hydrogens is 283 g/mol. The Morgan fingerprint density at radius 1 is 1.45 bits per heavy atom. The maximum absolute atomic E-state index is 13.8. The second-order valence-corrected chi connectivity index (χ2v) is 5.64. The van der Waals surface area contributed by atoms with E-state index in [1.54, 1.807) is 0 Å². The minimum Gasteiger partial charge on any atom is -0.506 e. The number of rotatable bonds is 1. The van der Waals surface area contributed by atoms with Crippen LogP contribution in [0.2, 0.25) is 5.02 Å². The summed E-state index contributed by atoms with van der Waals surface area (Å²) in [4.78, 5) is 6.30. The summed E-state index contributed by atoms with van der Waals surface area (Å²) in [5.41, 5.74) is 0.0420. The van der Waals surface area contributed by atoms with Gasteiger partial charge in [0.1, 0.15) is 17.5 Å². The van der Waals surface area contributed by atoms with Crippen LogP contribution in [-0.4, -0.2) is 34.7 Å². The lowest BCUT2D eigenvalue weighted by Gasteiger charge is -2.29. The van der Waals surface area contributed by atoms with Gasteiger partial charge < -0.3 is 14.7 Å². The number of aromatic hydroxyl groups is 1. The SMILES string of the molecule is CC1O/C(=N\c2cc(O)c(Cl)cc2F)N2CCCCC12. The molecule has 20 heavy (non-hydrogen) atoms. The average Bonchev–Trinajstić information content (AvgIpc) is 2.74. The van der Waals surface area contributed by atoms with Crippen molar-refractivity contribution >= 4 is 23.3 Å². The Bertz CT molecular complexity index is 564. The predicted octanol–water partition coefficient (Wildman–Crippen LogP) is 3.45. The molecular formula is C14H16ClFN2O2. The number of piperidine rings is 1. The third-order valence-corrected chi connectivity index (χ3v) is 4.16. The first-order valence-electron chi connectivity index (χ1n) is 6.76. The van der Waals surface area contributed by atoms with Gasteiger partial charge in [-0.1, -0.05) is 11.6 Å². The molecule has 0 aliphatic carbocycles. The third-order valence-electron chi connectivity index (χ3n) is 3.86. The van der Waals surface area contributed by atoms with E-state index in [2.05, 4.69) is 9.89 Å². The van der Waals surface area contributed by atoms with Crippen LogP contribution in [0.15, 0.2) is 17.1 Å². The van der Waals surface area contributed by atoms with Crippen molar-refractivity contribution in [3.05, 3.63) is 23.0 Å². The maximum Gasteiger partial charge on any atom is 0.293 e. The van der Waals surface area contributed by atoms with Crippen LogP contribution >= 0.6 is 11.6 Å². The van der Waals surface area contributed by atoms with Gasteiger partial charge in [0.05, 0.1) is 11.1 Å². The largest absolute Gasteiger partial charge is 0.506 e. The van der Waals surface area contributed by atoms with Crippen LogP contribution in [0.25, 0.3) is 0 Å². The normalized spacial score (nSPS) is 27.6. The summed E-state index contributed by atoms with van der Waals surface area (Å²) in [6.45, 7) is 2.87. The molecule has 2 aliphatic rings. The van der Waals surface area contributed by atoms with Crippen LogP contribution in [0.5, 0.6) is 5.75 Å². The van der Waals surface area contributed by atoms with Crippen LogP contribution in [0, 0.1) is 5.82 Å². The van der Waals surface area contributed by atoms with Crippen molar-refractivity contribution in [3.63, 3.8) is 0 Å². The van der Waals surface area contributed by atoms with Crippen LogP contribution in [-0.2, 0) is 4.74 Å². The quantitative estimate of drug-likeness (QED) is 0.864. The zero-order valence-electron chi connectivity index (χ0n) is 11.1. The fourth-order valence-corrected chi connectivity index (χ4v) is 2.95. The van der Waals surface area contributed by atoms with Crippen molar-refractivity contribution < 1.29 is 14.2 Å². The molecule has 1 N–H and O–H groups in total. The second kappa shape index (κ2) is 5.13. The molecule has 1 aromatic rings. The molecule has 1 aromatic carbocycles. The monoisotopic (exact) mass is 298 g/mol. The number of aliphatic imine (C=N–C) groups is 1. The van der Waals surface area contributed by atoms with E-state index in [4.69, 9.17) is 16.3 Å². The molecule has 2 heterocycles. The highest BCUT2D eigenvalue weighted by Crippen LogP contribution is 2.33. The van der Waals surface area contributed by atoms with Crippen molar-refractivity contribution in [1.29, 1.82) is 0 Å². The highest BCUT2D eigenvalue weighted by atomic mass is 35.5. The fraction of sp³-hybridized carbons (Fsp3) is 0.500. The minimum absolute atomic E-state index is 0.0250. The third kappa shape index (κ3) is 2.30. The van der Waals surface area contributed by atoms with Gasteiger partial charge in [0.15, 0.2) is 5.82 Å². The predicted molar refractivity (Wildman–Crippen MR) is 75.1 cm³/mol. The van der Waals surface area contributed by atoms with Crippen LogP contribution in [0.1, 0.15) is 26.2 Å². The Kier molecular flexibility index (Phi) is 3.46. The number of nitrogens with zero attached hydrogens (tertiary/aromatic N) is 2. The Balaban J connectivity index is 1.94. The maximum atomic E-state index is 13.8. The zero-order chi connectivity index (χ0) is 14.3. The summed E-state index contributed by atoms with van der Waals surface area (Å²) in [6, 6.07) is 3.02. The van der Waals surface area contributed by atoms with E-state index in [0.29, 0.717) is 12.1 Å². The second-order valence-electron chi connectivity index (χ2n) is 5.23. The molecule has 0 radical (unpaired) electrons. The molecule has 0 spiro atoms. The van der Waals surface area contributed by atoms with E-state index in [9.17, 15) is 9.50 Å². The van der Waals surface area contributed by atoms with E-state index in [-0.39, 0.29) is 22.6 Å². The summed E-state index contributed by atoms with van der Waals surface area (Å²) in [6.07, 6.45) is 3.38. The lowest BCUT2D eigenvalue weighted by atomic mass is 10.0. The molecule has 4 nitrogen and oxygen atoms in total. The van der Waals surface area contributed by atoms with E-state index < -0.39 is 5.82 Å². The minimum atomic E-state index is -0.572. The van der Waals surface area contributed by atoms with Crippen molar-refractivity contribution in [2.45, 2.75) is 38.3 Å². The first kappa shape index (κ1) is 13.5. The standard InChI is InChI=1S/C14H16ClFN2O2/c1-8-12-4-2-3-5-18(12)14(20-8)17-11-7-13(19)9(15)6-10(11)16/h6-8,12,19H,2-5H2,1H3/b17-14-. The molecule has 2 atom stereocenters.